The van der Waals surface area contributed by atoms with E-state index in [1.807, 2.05) is 6.07 Å². The van der Waals surface area contributed by atoms with E-state index in [-0.39, 0.29) is 0 Å². The summed E-state index contributed by atoms with van der Waals surface area (Å²) in [4.78, 5) is 0. The van der Waals surface area contributed by atoms with Crippen LogP contribution in [0.4, 0.5) is 0 Å². The van der Waals surface area contributed by atoms with Crippen LogP contribution in [0.1, 0.15) is 24.8 Å². The van der Waals surface area contributed by atoms with Crippen LogP contribution in [0, 0.1) is 0 Å². The molecule has 1 aromatic heterocycles. The van der Waals surface area contributed by atoms with Gasteiger partial charge in [-0.15, -0.1) is 0 Å². The Labute approximate surface area is 132 Å². The van der Waals surface area contributed by atoms with Crippen LogP contribution in [-0.2, 0) is 17.9 Å². The van der Waals surface area contributed by atoms with Crippen LogP contribution in [0.2, 0.25) is 0 Å². The first-order chi connectivity index (χ1) is 10.9. The highest BCUT2D eigenvalue weighted by molar-refractivity contribution is 5.79. The lowest BCUT2D eigenvalue weighted by atomic mass is 10.2. The van der Waals surface area contributed by atoms with Gasteiger partial charge < -0.3 is 9.30 Å². The molecule has 0 saturated heterocycles. The molecule has 3 aromatic rings. The molecule has 0 atom stereocenters. The zero-order chi connectivity index (χ0) is 15.0. The Morgan fingerprint density at radius 2 is 1.59 bits per heavy atom. The van der Waals surface area contributed by atoms with Crippen LogP contribution in [0.25, 0.3) is 10.9 Å². The van der Waals surface area contributed by atoms with Crippen molar-refractivity contribution >= 4 is 10.9 Å². The molecule has 0 saturated carbocycles. The first-order valence-corrected chi connectivity index (χ1v) is 8.09. The minimum atomic E-state index is 0.725. The van der Waals surface area contributed by atoms with Crippen LogP contribution in [-0.4, -0.2) is 11.2 Å². The Balaban J connectivity index is 1.32. The number of aryl methyl sites for hydroxylation is 1. The highest BCUT2D eigenvalue weighted by atomic mass is 16.5. The van der Waals surface area contributed by atoms with Gasteiger partial charge in [-0.25, -0.2) is 0 Å². The Morgan fingerprint density at radius 3 is 2.50 bits per heavy atom. The summed E-state index contributed by atoms with van der Waals surface area (Å²) in [6, 6.07) is 21.1. The zero-order valence-corrected chi connectivity index (χ0v) is 12.9. The molecule has 1 heterocycles. The lowest BCUT2D eigenvalue weighted by molar-refractivity contribution is 0.116. The number of fused-ring (bicyclic) bond motifs is 1. The number of hydrogen-bond acceptors (Lipinski definition) is 1. The van der Waals surface area contributed by atoms with Gasteiger partial charge in [0.2, 0.25) is 0 Å². The van der Waals surface area contributed by atoms with Gasteiger partial charge in [0, 0.05) is 24.9 Å². The molecule has 114 valence electrons. The molecule has 22 heavy (non-hydrogen) atoms. The zero-order valence-electron chi connectivity index (χ0n) is 12.9. The summed E-state index contributed by atoms with van der Waals surface area (Å²) >= 11 is 0. The number of rotatable bonds is 8. The van der Waals surface area contributed by atoms with Crippen LogP contribution in [0.15, 0.2) is 66.9 Å². The fourth-order valence-corrected chi connectivity index (χ4v) is 2.76. The summed E-state index contributed by atoms with van der Waals surface area (Å²) in [5.74, 6) is 0. The number of hydrogen-bond donors (Lipinski definition) is 0. The third-order valence-corrected chi connectivity index (χ3v) is 3.98. The predicted octanol–water partition coefficient (Wildman–Crippen LogP) is 5.03. The highest BCUT2D eigenvalue weighted by Gasteiger charge is 1.99. The average molecular weight is 293 g/mol. The number of aromatic nitrogens is 1. The molecule has 0 bridgehead atoms. The molecule has 0 amide bonds. The second-order valence-corrected chi connectivity index (χ2v) is 5.67. The lowest BCUT2D eigenvalue weighted by Crippen LogP contribution is -1.98. The molecule has 2 nitrogen and oxygen atoms in total. The summed E-state index contributed by atoms with van der Waals surface area (Å²) in [6.45, 7) is 2.66. The molecule has 0 radical (unpaired) electrons. The van der Waals surface area contributed by atoms with Gasteiger partial charge in [0.05, 0.1) is 6.61 Å². The van der Waals surface area contributed by atoms with Gasteiger partial charge in [0.15, 0.2) is 0 Å². The van der Waals surface area contributed by atoms with Gasteiger partial charge in [-0.2, -0.15) is 0 Å². The minimum Gasteiger partial charge on any atom is -0.377 e. The van der Waals surface area contributed by atoms with Gasteiger partial charge in [-0.1, -0.05) is 48.5 Å². The van der Waals surface area contributed by atoms with Crippen molar-refractivity contribution in [2.75, 3.05) is 6.61 Å². The van der Waals surface area contributed by atoms with Gasteiger partial charge in [-0.05, 0) is 42.3 Å². The number of ether oxygens (including phenoxy) is 1. The van der Waals surface area contributed by atoms with Gasteiger partial charge >= 0.3 is 0 Å². The Kier molecular flexibility index (Phi) is 5.27. The van der Waals surface area contributed by atoms with Crippen molar-refractivity contribution in [2.24, 2.45) is 0 Å². The Hall–Kier alpha value is -2.06. The van der Waals surface area contributed by atoms with Crippen LogP contribution < -0.4 is 0 Å². The molecule has 2 aromatic carbocycles. The van der Waals surface area contributed by atoms with E-state index in [1.54, 1.807) is 0 Å². The number of unbranched alkanes of at least 4 members (excludes halogenated alkanes) is 2. The van der Waals surface area contributed by atoms with E-state index in [4.69, 9.17) is 4.74 Å². The summed E-state index contributed by atoms with van der Waals surface area (Å²) in [5, 5.41) is 1.33. The topological polar surface area (TPSA) is 14.2 Å². The maximum Gasteiger partial charge on any atom is 0.0716 e. The van der Waals surface area contributed by atoms with E-state index >= 15 is 0 Å². The smallest absolute Gasteiger partial charge is 0.0716 e. The van der Waals surface area contributed by atoms with Gasteiger partial charge in [0.25, 0.3) is 0 Å². The third kappa shape index (κ3) is 3.99. The quantitative estimate of drug-likeness (QED) is 0.531. The molecule has 0 spiro atoms. The molecule has 0 aliphatic carbocycles. The maximum atomic E-state index is 5.72. The van der Waals surface area contributed by atoms with Crippen molar-refractivity contribution in [3.05, 3.63) is 72.4 Å². The highest BCUT2D eigenvalue weighted by Crippen LogP contribution is 2.16. The second-order valence-electron chi connectivity index (χ2n) is 5.67. The fourth-order valence-electron chi connectivity index (χ4n) is 2.76. The molecule has 0 unspecified atom stereocenters. The van der Waals surface area contributed by atoms with Crippen molar-refractivity contribution in [2.45, 2.75) is 32.4 Å². The molecule has 0 fully saturated rings. The standard InChI is InChI=1S/C20H23NO/c1-3-9-18(10-4-1)17-22-16-8-2-7-14-21-15-13-19-11-5-6-12-20(19)21/h1,3-6,9-13,15H,2,7-8,14,16-17H2. The number of benzene rings is 2. The molecular formula is C20H23NO. The molecule has 0 aliphatic heterocycles. The molecule has 3 rings (SSSR count). The van der Waals surface area contributed by atoms with E-state index in [9.17, 15) is 0 Å². The monoisotopic (exact) mass is 293 g/mol. The molecular weight excluding hydrogens is 270 g/mol. The van der Waals surface area contributed by atoms with E-state index in [2.05, 4.69) is 65.4 Å². The first kappa shape index (κ1) is 14.9. The molecule has 0 N–H and O–H groups in total. The van der Waals surface area contributed by atoms with Crippen molar-refractivity contribution in [1.82, 2.24) is 4.57 Å². The molecule has 2 heteroatoms. The normalized spacial score (nSPS) is 11.1. The molecule has 0 aliphatic rings. The van der Waals surface area contributed by atoms with E-state index < -0.39 is 0 Å². The number of para-hydroxylation sites is 1. The summed E-state index contributed by atoms with van der Waals surface area (Å²) < 4.78 is 8.07. The fraction of sp³-hybridized carbons (Fsp3) is 0.300. The van der Waals surface area contributed by atoms with Crippen molar-refractivity contribution in [1.29, 1.82) is 0 Å². The number of nitrogens with zero attached hydrogens (tertiary/aromatic N) is 1. The van der Waals surface area contributed by atoms with Crippen molar-refractivity contribution in [3.63, 3.8) is 0 Å². The van der Waals surface area contributed by atoms with E-state index in [0.29, 0.717) is 0 Å². The maximum absolute atomic E-state index is 5.72. The van der Waals surface area contributed by atoms with Crippen molar-refractivity contribution < 1.29 is 4.74 Å². The van der Waals surface area contributed by atoms with Gasteiger partial charge in [-0.3, -0.25) is 0 Å². The SMILES string of the molecule is c1ccc(COCCCCCn2ccc3ccccc32)cc1. The largest absolute Gasteiger partial charge is 0.377 e. The lowest BCUT2D eigenvalue weighted by Gasteiger charge is -2.06. The summed E-state index contributed by atoms with van der Waals surface area (Å²) in [6.07, 6.45) is 5.73. The predicted molar refractivity (Wildman–Crippen MR) is 91.9 cm³/mol. The Morgan fingerprint density at radius 1 is 0.773 bits per heavy atom. The minimum absolute atomic E-state index is 0.725. The second kappa shape index (κ2) is 7.81. The van der Waals surface area contributed by atoms with E-state index in [1.165, 1.54) is 29.3 Å². The van der Waals surface area contributed by atoms with Crippen molar-refractivity contribution in [3.8, 4) is 0 Å². The Bertz CT molecular complexity index is 687. The summed E-state index contributed by atoms with van der Waals surface area (Å²) in [7, 11) is 0. The van der Waals surface area contributed by atoms with E-state index in [0.717, 1.165) is 26.2 Å². The average Bonchev–Trinajstić information content (AvgIpc) is 2.98. The third-order valence-electron chi connectivity index (χ3n) is 3.98. The van der Waals surface area contributed by atoms with Crippen LogP contribution in [0.3, 0.4) is 0 Å². The van der Waals surface area contributed by atoms with Gasteiger partial charge in [0.1, 0.15) is 0 Å². The summed E-state index contributed by atoms with van der Waals surface area (Å²) in [5.41, 5.74) is 2.59. The van der Waals surface area contributed by atoms with Crippen LogP contribution in [0.5, 0.6) is 0 Å². The first-order valence-electron chi connectivity index (χ1n) is 8.09. The van der Waals surface area contributed by atoms with Crippen LogP contribution >= 0.6 is 0 Å².